The first-order chi connectivity index (χ1) is 13.3. The summed E-state index contributed by atoms with van der Waals surface area (Å²) in [5.41, 5.74) is -1.04. The standard InChI is InChI=1S/C20H18F4N2O2/c21-15-8-6-14(7-9-15)18(27)25-10-3-11-26(13-12-25)19(28)16-4-1-2-5-17(16)20(22,23)24/h1-2,4-9H,3,10-13H2. The van der Waals surface area contributed by atoms with Gasteiger partial charge in [0.15, 0.2) is 0 Å². The van der Waals surface area contributed by atoms with Crippen LogP contribution in [0.3, 0.4) is 0 Å². The van der Waals surface area contributed by atoms with Gasteiger partial charge in [0, 0.05) is 31.7 Å². The molecule has 4 nitrogen and oxygen atoms in total. The fraction of sp³-hybridized carbons (Fsp3) is 0.300. The monoisotopic (exact) mass is 394 g/mol. The summed E-state index contributed by atoms with van der Waals surface area (Å²) in [7, 11) is 0. The maximum Gasteiger partial charge on any atom is 0.417 e. The minimum atomic E-state index is -4.62. The maximum atomic E-state index is 13.2. The zero-order chi connectivity index (χ0) is 20.3. The number of amides is 2. The van der Waals surface area contributed by atoms with E-state index in [9.17, 15) is 27.2 Å². The van der Waals surface area contributed by atoms with Crippen molar-refractivity contribution in [3.63, 3.8) is 0 Å². The number of rotatable bonds is 2. The van der Waals surface area contributed by atoms with Crippen LogP contribution < -0.4 is 0 Å². The predicted octanol–water partition coefficient (Wildman–Crippen LogP) is 3.83. The fourth-order valence-corrected chi connectivity index (χ4v) is 3.19. The van der Waals surface area contributed by atoms with E-state index in [0.29, 0.717) is 18.5 Å². The molecule has 3 rings (SSSR count). The largest absolute Gasteiger partial charge is 0.417 e. The van der Waals surface area contributed by atoms with Crippen LogP contribution in [0.5, 0.6) is 0 Å². The smallest absolute Gasteiger partial charge is 0.337 e. The quantitative estimate of drug-likeness (QED) is 0.727. The number of nitrogens with zero attached hydrogens (tertiary/aromatic N) is 2. The molecule has 1 aliphatic heterocycles. The van der Waals surface area contributed by atoms with E-state index < -0.39 is 29.0 Å². The van der Waals surface area contributed by atoms with Gasteiger partial charge in [-0.1, -0.05) is 12.1 Å². The first kappa shape index (κ1) is 19.9. The number of carbonyl (C=O) groups excluding carboxylic acids is 2. The summed E-state index contributed by atoms with van der Waals surface area (Å²) in [5.74, 6) is -1.46. The van der Waals surface area contributed by atoms with Gasteiger partial charge in [0.05, 0.1) is 11.1 Å². The van der Waals surface area contributed by atoms with Gasteiger partial charge in [-0.2, -0.15) is 13.2 Å². The second-order valence-corrected chi connectivity index (χ2v) is 6.49. The van der Waals surface area contributed by atoms with Gasteiger partial charge in [-0.15, -0.1) is 0 Å². The van der Waals surface area contributed by atoms with E-state index in [0.717, 1.165) is 12.1 Å². The molecule has 1 saturated heterocycles. The highest BCUT2D eigenvalue weighted by molar-refractivity contribution is 5.96. The van der Waals surface area contributed by atoms with E-state index in [4.69, 9.17) is 0 Å². The van der Waals surface area contributed by atoms with Crippen molar-refractivity contribution in [2.45, 2.75) is 12.6 Å². The molecule has 2 aromatic rings. The molecule has 0 aliphatic carbocycles. The number of hydrogen-bond donors (Lipinski definition) is 0. The van der Waals surface area contributed by atoms with Crippen molar-refractivity contribution in [2.24, 2.45) is 0 Å². The summed E-state index contributed by atoms with van der Waals surface area (Å²) in [6.07, 6.45) is -4.18. The number of benzene rings is 2. The minimum absolute atomic E-state index is 0.123. The Bertz CT molecular complexity index is 865. The van der Waals surface area contributed by atoms with Crippen molar-refractivity contribution in [2.75, 3.05) is 26.2 Å². The molecule has 1 aliphatic rings. The normalized spacial score (nSPS) is 15.3. The van der Waals surface area contributed by atoms with Crippen molar-refractivity contribution in [1.82, 2.24) is 9.80 Å². The van der Waals surface area contributed by atoms with Crippen molar-refractivity contribution in [3.8, 4) is 0 Å². The van der Waals surface area contributed by atoms with E-state index >= 15 is 0 Å². The maximum absolute atomic E-state index is 13.2. The molecule has 1 heterocycles. The van der Waals surface area contributed by atoms with Crippen LogP contribution in [0, 0.1) is 5.82 Å². The number of halogens is 4. The first-order valence-electron chi connectivity index (χ1n) is 8.78. The Labute approximate surface area is 159 Å². The molecular weight excluding hydrogens is 376 g/mol. The number of hydrogen-bond acceptors (Lipinski definition) is 2. The second-order valence-electron chi connectivity index (χ2n) is 6.49. The molecule has 2 amide bonds. The van der Waals surface area contributed by atoms with Crippen LogP contribution in [0.2, 0.25) is 0 Å². The van der Waals surface area contributed by atoms with Crippen LogP contribution in [-0.4, -0.2) is 47.8 Å². The molecule has 0 N–H and O–H groups in total. The van der Waals surface area contributed by atoms with Crippen LogP contribution >= 0.6 is 0 Å². The van der Waals surface area contributed by atoms with Gasteiger partial charge in [-0.3, -0.25) is 9.59 Å². The molecule has 28 heavy (non-hydrogen) atoms. The number of carbonyl (C=O) groups is 2. The molecule has 0 unspecified atom stereocenters. The average Bonchev–Trinajstić information content (AvgIpc) is 2.93. The van der Waals surface area contributed by atoms with E-state index in [1.54, 1.807) is 0 Å². The van der Waals surface area contributed by atoms with Gasteiger partial charge in [0.2, 0.25) is 0 Å². The Morgan fingerprint density at radius 3 is 1.96 bits per heavy atom. The highest BCUT2D eigenvalue weighted by Gasteiger charge is 2.36. The lowest BCUT2D eigenvalue weighted by Gasteiger charge is -2.23. The van der Waals surface area contributed by atoms with Gasteiger partial charge in [-0.05, 0) is 42.8 Å². The third kappa shape index (κ3) is 4.32. The predicted molar refractivity (Wildman–Crippen MR) is 94.3 cm³/mol. The molecule has 148 valence electrons. The highest BCUT2D eigenvalue weighted by atomic mass is 19.4. The molecule has 0 spiro atoms. The summed E-state index contributed by atoms with van der Waals surface area (Å²) < 4.78 is 52.6. The molecule has 0 saturated carbocycles. The molecule has 1 fully saturated rings. The van der Waals surface area contributed by atoms with Crippen LogP contribution in [0.15, 0.2) is 48.5 Å². The van der Waals surface area contributed by atoms with Gasteiger partial charge in [0.1, 0.15) is 5.82 Å². The van der Waals surface area contributed by atoms with Crippen molar-refractivity contribution in [3.05, 3.63) is 71.0 Å². The lowest BCUT2D eigenvalue weighted by Crippen LogP contribution is -2.38. The molecule has 0 radical (unpaired) electrons. The van der Waals surface area contributed by atoms with Gasteiger partial charge >= 0.3 is 6.18 Å². The van der Waals surface area contributed by atoms with E-state index in [2.05, 4.69) is 0 Å². The van der Waals surface area contributed by atoms with Gasteiger partial charge in [-0.25, -0.2) is 4.39 Å². The van der Waals surface area contributed by atoms with Crippen LogP contribution in [0.25, 0.3) is 0 Å². The third-order valence-electron chi connectivity index (χ3n) is 4.62. The average molecular weight is 394 g/mol. The van der Waals surface area contributed by atoms with E-state index in [-0.39, 0.29) is 25.5 Å². The Hall–Kier alpha value is -2.90. The summed E-state index contributed by atoms with van der Waals surface area (Å²) in [4.78, 5) is 28.1. The van der Waals surface area contributed by atoms with Crippen molar-refractivity contribution in [1.29, 1.82) is 0 Å². The molecule has 8 heteroatoms. The van der Waals surface area contributed by atoms with Crippen molar-refractivity contribution >= 4 is 11.8 Å². The van der Waals surface area contributed by atoms with E-state index in [1.165, 1.54) is 46.2 Å². The van der Waals surface area contributed by atoms with Crippen LogP contribution in [0.4, 0.5) is 17.6 Å². The van der Waals surface area contributed by atoms with E-state index in [1.807, 2.05) is 0 Å². The SMILES string of the molecule is O=C(c1ccc(F)cc1)N1CCCN(C(=O)c2ccccc2C(F)(F)F)CC1. The second kappa shape index (κ2) is 8.00. The number of alkyl halides is 3. The summed E-state index contributed by atoms with van der Waals surface area (Å²) in [6, 6.07) is 9.82. The topological polar surface area (TPSA) is 40.6 Å². The Kier molecular flexibility index (Phi) is 5.67. The lowest BCUT2D eigenvalue weighted by molar-refractivity contribution is -0.138. The molecule has 0 atom stereocenters. The molecular formula is C20H18F4N2O2. The zero-order valence-electron chi connectivity index (χ0n) is 14.9. The summed E-state index contributed by atoms with van der Waals surface area (Å²) in [5, 5.41) is 0. The first-order valence-corrected chi connectivity index (χ1v) is 8.78. The highest BCUT2D eigenvalue weighted by Crippen LogP contribution is 2.32. The molecule has 0 bridgehead atoms. The Morgan fingerprint density at radius 1 is 0.786 bits per heavy atom. The lowest BCUT2D eigenvalue weighted by atomic mass is 10.1. The molecule has 0 aromatic heterocycles. The third-order valence-corrected chi connectivity index (χ3v) is 4.62. The minimum Gasteiger partial charge on any atom is -0.337 e. The van der Waals surface area contributed by atoms with Crippen LogP contribution in [-0.2, 0) is 6.18 Å². The van der Waals surface area contributed by atoms with Gasteiger partial charge in [0.25, 0.3) is 11.8 Å². The summed E-state index contributed by atoms with van der Waals surface area (Å²) >= 11 is 0. The van der Waals surface area contributed by atoms with Crippen molar-refractivity contribution < 1.29 is 27.2 Å². The van der Waals surface area contributed by atoms with Crippen LogP contribution in [0.1, 0.15) is 32.7 Å². The fourth-order valence-electron chi connectivity index (χ4n) is 3.19. The Morgan fingerprint density at radius 2 is 1.36 bits per heavy atom. The zero-order valence-corrected chi connectivity index (χ0v) is 14.9. The van der Waals surface area contributed by atoms with Gasteiger partial charge < -0.3 is 9.80 Å². The summed E-state index contributed by atoms with van der Waals surface area (Å²) in [6.45, 7) is 0.924. The Balaban J connectivity index is 1.73. The molecule has 2 aromatic carbocycles.